The summed E-state index contributed by atoms with van der Waals surface area (Å²) in [5, 5.41) is 3.10. The van der Waals surface area contributed by atoms with Gasteiger partial charge in [-0.05, 0) is 36.3 Å². The third-order valence-electron chi connectivity index (χ3n) is 2.78. The van der Waals surface area contributed by atoms with E-state index < -0.39 is 0 Å². The summed E-state index contributed by atoms with van der Waals surface area (Å²) in [7, 11) is 1.92. The molecule has 14 heavy (non-hydrogen) atoms. The number of hydrogen-bond donors (Lipinski definition) is 1. The molecular weight excluding hydrogens is 172 g/mol. The summed E-state index contributed by atoms with van der Waals surface area (Å²) >= 11 is 0. The van der Waals surface area contributed by atoms with Crippen LogP contribution in [0.4, 0.5) is 5.82 Å². The van der Waals surface area contributed by atoms with Crippen LogP contribution >= 0.6 is 0 Å². The van der Waals surface area contributed by atoms with Crippen molar-refractivity contribution >= 4 is 5.82 Å². The second-order valence-corrected chi connectivity index (χ2v) is 4.35. The maximum absolute atomic E-state index is 4.64. The van der Waals surface area contributed by atoms with Gasteiger partial charge in [-0.3, -0.25) is 0 Å². The van der Waals surface area contributed by atoms with Gasteiger partial charge in [0, 0.05) is 12.7 Å². The molecule has 0 radical (unpaired) electrons. The van der Waals surface area contributed by atoms with Crippen molar-refractivity contribution in [1.82, 2.24) is 4.98 Å². The minimum Gasteiger partial charge on any atom is -0.373 e. The van der Waals surface area contributed by atoms with Gasteiger partial charge in [-0.15, -0.1) is 0 Å². The van der Waals surface area contributed by atoms with Crippen LogP contribution in [0, 0.1) is 0 Å². The fourth-order valence-corrected chi connectivity index (χ4v) is 1.83. The zero-order valence-electron chi connectivity index (χ0n) is 9.17. The Bertz CT molecular complexity index is 327. The Balaban J connectivity index is 2.38. The van der Waals surface area contributed by atoms with Gasteiger partial charge in [-0.1, -0.05) is 19.9 Å². The molecule has 1 N–H and O–H groups in total. The van der Waals surface area contributed by atoms with E-state index in [0.29, 0.717) is 5.92 Å². The molecule has 0 atom stereocenters. The molecule has 1 heterocycles. The van der Waals surface area contributed by atoms with Crippen molar-refractivity contribution in [2.75, 3.05) is 12.4 Å². The normalized spacial score (nSPS) is 16.0. The van der Waals surface area contributed by atoms with Crippen molar-refractivity contribution in [3.63, 3.8) is 0 Å². The number of nitrogens with zero attached hydrogens (tertiary/aromatic N) is 1. The Kier molecular flexibility index (Phi) is 2.44. The zero-order chi connectivity index (χ0) is 10.1. The molecular formula is C12H18N2. The summed E-state index contributed by atoms with van der Waals surface area (Å²) in [4.78, 5) is 4.64. The van der Waals surface area contributed by atoms with Gasteiger partial charge in [0.15, 0.2) is 0 Å². The van der Waals surface area contributed by atoms with E-state index in [0.717, 1.165) is 11.7 Å². The molecule has 0 aliphatic heterocycles. The predicted molar refractivity (Wildman–Crippen MR) is 59.8 cm³/mol. The van der Waals surface area contributed by atoms with Crippen LogP contribution in [0.2, 0.25) is 0 Å². The molecule has 0 spiro atoms. The van der Waals surface area contributed by atoms with E-state index in [9.17, 15) is 0 Å². The van der Waals surface area contributed by atoms with E-state index >= 15 is 0 Å². The molecule has 1 aromatic heterocycles. The highest BCUT2D eigenvalue weighted by molar-refractivity contribution is 5.41. The largest absolute Gasteiger partial charge is 0.373 e. The summed E-state index contributed by atoms with van der Waals surface area (Å²) in [5.74, 6) is 2.31. The van der Waals surface area contributed by atoms with Gasteiger partial charge in [0.25, 0.3) is 0 Å². The van der Waals surface area contributed by atoms with Gasteiger partial charge in [0.05, 0.1) is 0 Å². The first-order valence-electron chi connectivity index (χ1n) is 5.41. The van der Waals surface area contributed by atoms with Crippen LogP contribution < -0.4 is 5.32 Å². The topological polar surface area (TPSA) is 24.9 Å². The van der Waals surface area contributed by atoms with E-state index in [1.807, 2.05) is 7.05 Å². The van der Waals surface area contributed by atoms with Crippen LogP contribution in [0.1, 0.15) is 49.8 Å². The minimum absolute atomic E-state index is 0.527. The van der Waals surface area contributed by atoms with Crippen molar-refractivity contribution in [2.24, 2.45) is 0 Å². The quantitative estimate of drug-likeness (QED) is 0.792. The summed E-state index contributed by atoms with van der Waals surface area (Å²) in [5.41, 5.74) is 2.75. The van der Waals surface area contributed by atoms with Crippen molar-refractivity contribution < 1.29 is 0 Å². The van der Waals surface area contributed by atoms with E-state index in [-0.39, 0.29) is 0 Å². The lowest BCUT2D eigenvalue weighted by molar-refractivity contribution is 0.799. The lowest BCUT2D eigenvalue weighted by Crippen LogP contribution is -2.02. The third kappa shape index (κ3) is 1.74. The number of hydrogen-bond acceptors (Lipinski definition) is 2. The maximum Gasteiger partial charge on any atom is 0.125 e. The number of rotatable bonds is 3. The van der Waals surface area contributed by atoms with Gasteiger partial charge in [0.2, 0.25) is 0 Å². The molecule has 0 saturated heterocycles. The highest BCUT2D eigenvalue weighted by Crippen LogP contribution is 2.42. The molecule has 76 valence electrons. The average molecular weight is 190 g/mol. The molecule has 1 aromatic rings. The van der Waals surface area contributed by atoms with Crippen molar-refractivity contribution in [2.45, 2.75) is 38.5 Å². The SMILES string of the molecule is CNc1ccc(C2CC2)c(C(C)C)n1. The molecule has 2 nitrogen and oxygen atoms in total. The van der Waals surface area contributed by atoms with Crippen molar-refractivity contribution in [1.29, 1.82) is 0 Å². The number of pyridine rings is 1. The number of nitrogens with one attached hydrogen (secondary N) is 1. The van der Waals surface area contributed by atoms with E-state index in [1.54, 1.807) is 0 Å². The number of anilines is 1. The summed E-state index contributed by atoms with van der Waals surface area (Å²) in [6, 6.07) is 4.32. The Morgan fingerprint density at radius 2 is 2.07 bits per heavy atom. The van der Waals surface area contributed by atoms with E-state index in [1.165, 1.54) is 24.1 Å². The number of aromatic nitrogens is 1. The highest BCUT2D eigenvalue weighted by atomic mass is 15.0. The summed E-state index contributed by atoms with van der Waals surface area (Å²) in [6.45, 7) is 4.43. The molecule has 0 aromatic carbocycles. The van der Waals surface area contributed by atoms with Gasteiger partial charge >= 0.3 is 0 Å². The van der Waals surface area contributed by atoms with Crippen LogP contribution in [0.25, 0.3) is 0 Å². The maximum atomic E-state index is 4.64. The summed E-state index contributed by atoms with van der Waals surface area (Å²) < 4.78 is 0. The molecule has 1 fully saturated rings. The molecule has 1 saturated carbocycles. The molecule has 0 amide bonds. The van der Waals surface area contributed by atoms with Crippen molar-refractivity contribution in [3.8, 4) is 0 Å². The second-order valence-electron chi connectivity index (χ2n) is 4.35. The van der Waals surface area contributed by atoms with Gasteiger partial charge in [0.1, 0.15) is 5.82 Å². The van der Waals surface area contributed by atoms with Gasteiger partial charge < -0.3 is 5.32 Å². The first kappa shape index (κ1) is 9.50. The van der Waals surface area contributed by atoms with Crippen LogP contribution in [0.15, 0.2) is 12.1 Å². The standard InChI is InChI=1S/C12H18N2/c1-8(2)12-10(9-4-5-9)6-7-11(13-3)14-12/h6-9H,4-5H2,1-3H3,(H,13,14). The Morgan fingerprint density at radius 1 is 1.36 bits per heavy atom. The van der Waals surface area contributed by atoms with Gasteiger partial charge in [-0.2, -0.15) is 0 Å². The zero-order valence-corrected chi connectivity index (χ0v) is 9.17. The minimum atomic E-state index is 0.527. The highest BCUT2D eigenvalue weighted by Gasteiger charge is 2.27. The molecule has 0 unspecified atom stereocenters. The van der Waals surface area contributed by atoms with Crippen LogP contribution in [0.5, 0.6) is 0 Å². The second kappa shape index (κ2) is 3.60. The molecule has 2 heteroatoms. The average Bonchev–Trinajstić information content (AvgIpc) is 3.00. The van der Waals surface area contributed by atoms with Crippen LogP contribution in [-0.2, 0) is 0 Å². The monoisotopic (exact) mass is 190 g/mol. The first-order chi connectivity index (χ1) is 6.72. The fourth-order valence-electron chi connectivity index (χ4n) is 1.83. The molecule has 1 aliphatic carbocycles. The van der Waals surface area contributed by atoms with E-state index in [4.69, 9.17) is 0 Å². The van der Waals surface area contributed by atoms with Gasteiger partial charge in [-0.25, -0.2) is 4.98 Å². The lowest BCUT2D eigenvalue weighted by Gasteiger charge is -2.12. The predicted octanol–water partition coefficient (Wildman–Crippen LogP) is 3.12. The third-order valence-corrected chi connectivity index (χ3v) is 2.78. The smallest absolute Gasteiger partial charge is 0.125 e. The van der Waals surface area contributed by atoms with E-state index in [2.05, 4.69) is 36.3 Å². The first-order valence-corrected chi connectivity index (χ1v) is 5.41. The molecule has 1 aliphatic rings. The fraction of sp³-hybridized carbons (Fsp3) is 0.583. The van der Waals surface area contributed by atoms with Crippen LogP contribution in [0.3, 0.4) is 0 Å². The Labute approximate surface area is 85.7 Å². The Morgan fingerprint density at radius 3 is 2.57 bits per heavy atom. The Hall–Kier alpha value is -1.05. The molecule has 0 bridgehead atoms. The molecule has 2 rings (SSSR count). The summed E-state index contributed by atoms with van der Waals surface area (Å²) in [6.07, 6.45) is 2.70. The van der Waals surface area contributed by atoms with Crippen LogP contribution in [-0.4, -0.2) is 12.0 Å². The van der Waals surface area contributed by atoms with Crippen molar-refractivity contribution in [3.05, 3.63) is 23.4 Å². The lowest BCUT2D eigenvalue weighted by atomic mass is 10.0.